The molecule has 0 spiro atoms. The molecule has 0 aromatic heterocycles. The molecule has 0 amide bonds. The molecule has 0 fully saturated rings. The average Bonchev–Trinajstić information content (AvgIpc) is 2.45. The number of halogens is 1. The third kappa shape index (κ3) is 3.40. The van der Waals surface area contributed by atoms with Gasteiger partial charge in [-0.1, -0.05) is 36.0 Å². The van der Waals surface area contributed by atoms with E-state index in [1.807, 2.05) is 30.3 Å². The molecule has 2 N–H and O–H groups in total. The van der Waals surface area contributed by atoms with Crippen molar-refractivity contribution < 1.29 is 9.47 Å². The molecular weight excluding hydrogens is 294 g/mol. The predicted octanol–water partition coefficient (Wildman–Crippen LogP) is 3.56. The average molecular weight is 308 g/mol. The minimum atomic E-state index is 0.304. The lowest BCUT2D eigenvalue weighted by Gasteiger charge is -2.13. The van der Waals surface area contributed by atoms with E-state index in [-0.39, 0.29) is 0 Å². The van der Waals surface area contributed by atoms with Gasteiger partial charge in [0.05, 0.1) is 12.7 Å². The zero-order chi connectivity index (χ0) is 14.5. The molecule has 2 aromatic carbocycles. The normalized spacial score (nSPS) is 10.1. The zero-order valence-electron chi connectivity index (χ0n) is 10.9. The van der Waals surface area contributed by atoms with E-state index >= 15 is 0 Å². The van der Waals surface area contributed by atoms with Crippen LogP contribution >= 0.6 is 23.8 Å². The summed E-state index contributed by atoms with van der Waals surface area (Å²) in [5.74, 6) is 1.37. The summed E-state index contributed by atoms with van der Waals surface area (Å²) in [6.07, 6.45) is 0. The second kappa shape index (κ2) is 6.59. The second-order valence-corrected chi connectivity index (χ2v) is 4.98. The highest BCUT2D eigenvalue weighted by Crippen LogP contribution is 2.25. The minimum absolute atomic E-state index is 0.304. The van der Waals surface area contributed by atoms with Crippen molar-refractivity contribution in [1.82, 2.24) is 0 Å². The van der Waals surface area contributed by atoms with Crippen LogP contribution in [0, 0.1) is 0 Å². The Morgan fingerprint density at radius 3 is 2.65 bits per heavy atom. The highest BCUT2D eigenvalue weighted by molar-refractivity contribution is 7.80. The predicted molar refractivity (Wildman–Crippen MR) is 84.7 cm³/mol. The van der Waals surface area contributed by atoms with Crippen molar-refractivity contribution in [2.24, 2.45) is 5.73 Å². The number of hydrogen-bond acceptors (Lipinski definition) is 3. The lowest BCUT2D eigenvalue weighted by atomic mass is 10.2. The van der Waals surface area contributed by atoms with Crippen molar-refractivity contribution in [3.8, 4) is 11.5 Å². The SMILES string of the molecule is COc1ccc(Cl)cc1COc1ccccc1C(N)=S. The van der Waals surface area contributed by atoms with E-state index in [4.69, 9.17) is 39.0 Å². The van der Waals surface area contributed by atoms with E-state index in [1.165, 1.54) is 0 Å². The molecule has 20 heavy (non-hydrogen) atoms. The number of para-hydroxylation sites is 1. The lowest BCUT2D eigenvalue weighted by Crippen LogP contribution is -2.11. The first-order valence-electron chi connectivity index (χ1n) is 5.96. The van der Waals surface area contributed by atoms with Gasteiger partial charge in [0, 0.05) is 10.6 Å². The monoisotopic (exact) mass is 307 g/mol. The van der Waals surface area contributed by atoms with Gasteiger partial charge in [-0.2, -0.15) is 0 Å². The van der Waals surface area contributed by atoms with Crippen LogP contribution in [0.1, 0.15) is 11.1 Å². The Hall–Kier alpha value is -1.78. The van der Waals surface area contributed by atoms with Gasteiger partial charge in [0.2, 0.25) is 0 Å². The van der Waals surface area contributed by atoms with Gasteiger partial charge in [-0.05, 0) is 30.3 Å². The van der Waals surface area contributed by atoms with E-state index in [9.17, 15) is 0 Å². The van der Waals surface area contributed by atoms with Gasteiger partial charge in [-0.15, -0.1) is 0 Å². The number of methoxy groups -OCH3 is 1. The number of ether oxygens (including phenoxy) is 2. The van der Waals surface area contributed by atoms with Crippen molar-refractivity contribution in [2.75, 3.05) is 7.11 Å². The minimum Gasteiger partial charge on any atom is -0.496 e. The molecule has 0 aliphatic heterocycles. The molecule has 0 aliphatic carbocycles. The summed E-state index contributed by atoms with van der Waals surface area (Å²) in [6, 6.07) is 12.8. The van der Waals surface area contributed by atoms with Crippen LogP contribution in [0.3, 0.4) is 0 Å². The molecule has 104 valence electrons. The Balaban J connectivity index is 2.21. The van der Waals surface area contributed by atoms with E-state index in [0.29, 0.717) is 27.9 Å². The highest BCUT2D eigenvalue weighted by atomic mass is 35.5. The lowest BCUT2D eigenvalue weighted by molar-refractivity contribution is 0.296. The summed E-state index contributed by atoms with van der Waals surface area (Å²) < 4.78 is 11.1. The Morgan fingerprint density at radius 2 is 1.95 bits per heavy atom. The molecule has 3 nitrogen and oxygen atoms in total. The van der Waals surface area contributed by atoms with Crippen LogP contribution in [-0.2, 0) is 6.61 Å². The highest BCUT2D eigenvalue weighted by Gasteiger charge is 2.08. The van der Waals surface area contributed by atoms with Crippen LogP contribution in [0.2, 0.25) is 5.02 Å². The van der Waals surface area contributed by atoms with Gasteiger partial charge in [-0.3, -0.25) is 0 Å². The molecule has 0 radical (unpaired) electrons. The third-order valence-electron chi connectivity index (χ3n) is 2.78. The Kier molecular flexibility index (Phi) is 4.82. The Morgan fingerprint density at radius 1 is 1.20 bits per heavy atom. The Labute approximate surface area is 128 Å². The number of nitrogens with two attached hydrogens (primary N) is 1. The van der Waals surface area contributed by atoms with Crippen LogP contribution < -0.4 is 15.2 Å². The van der Waals surface area contributed by atoms with E-state index in [0.717, 1.165) is 11.3 Å². The van der Waals surface area contributed by atoms with Crippen molar-refractivity contribution in [2.45, 2.75) is 6.61 Å². The van der Waals surface area contributed by atoms with Gasteiger partial charge < -0.3 is 15.2 Å². The first-order valence-corrected chi connectivity index (χ1v) is 6.74. The van der Waals surface area contributed by atoms with Gasteiger partial charge in [-0.25, -0.2) is 0 Å². The van der Waals surface area contributed by atoms with Gasteiger partial charge in [0.25, 0.3) is 0 Å². The molecule has 0 saturated heterocycles. The summed E-state index contributed by atoms with van der Waals surface area (Å²) in [4.78, 5) is 0.304. The molecule has 0 atom stereocenters. The standard InChI is InChI=1S/C15H14ClNO2S/c1-18-13-7-6-11(16)8-10(13)9-19-14-5-3-2-4-12(14)15(17)20/h2-8H,9H2,1H3,(H2,17,20). The van der Waals surface area contributed by atoms with Crippen LogP contribution in [-0.4, -0.2) is 12.1 Å². The fourth-order valence-corrected chi connectivity index (χ4v) is 2.17. The Bertz CT molecular complexity index is 631. The molecule has 5 heteroatoms. The van der Waals surface area contributed by atoms with Gasteiger partial charge in [0.1, 0.15) is 23.1 Å². The number of thiocarbonyl (C=S) groups is 1. The van der Waals surface area contributed by atoms with Crippen molar-refractivity contribution in [3.05, 3.63) is 58.6 Å². The molecular formula is C15H14ClNO2S. The molecule has 2 rings (SSSR count). The number of rotatable bonds is 5. The van der Waals surface area contributed by atoms with Crippen molar-refractivity contribution in [3.63, 3.8) is 0 Å². The smallest absolute Gasteiger partial charge is 0.129 e. The van der Waals surface area contributed by atoms with Crippen LogP contribution in [0.4, 0.5) is 0 Å². The molecule has 0 unspecified atom stereocenters. The van der Waals surface area contributed by atoms with Crippen LogP contribution in [0.15, 0.2) is 42.5 Å². The van der Waals surface area contributed by atoms with Crippen LogP contribution in [0.25, 0.3) is 0 Å². The molecule has 0 aliphatic rings. The fraction of sp³-hybridized carbons (Fsp3) is 0.133. The maximum absolute atomic E-state index is 5.99. The summed E-state index contributed by atoms with van der Waals surface area (Å²) in [6.45, 7) is 0.323. The quantitative estimate of drug-likeness (QED) is 0.858. The summed E-state index contributed by atoms with van der Waals surface area (Å²) in [5.41, 5.74) is 7.24. The molecule has 0 heterocycles. The summed E-state index contributed by atoms with van der Waals surface area (Å²) in [5, 5.41) is 0.632. The number of benzene rings is 2. The largest absolute Gasteiger partial charge is 0.496 e. The van der Waals surface area contributed by atoms with Crippen LogP contribution in [0.5, 0.6) is 11.5 Å². The maximum atomic E-state index is 5.99. The first-order chi connectivity index (χ1) is 9.61. The third-order valence-corrected chi connectivity index (χ3v) is 3.23. The first kappa shape index (κ1) is 14.6. The molecule has 2 aromatic rings. The number of hydrogen-bond donors (Lipinski definition) is 1. The summed E-state index contributed by atoms with van der Waals surface area (Å²) in [7, 11) is 1.61. The fourth-order valence-electron chi connectivity index (χ4n) is 1.81. The molecule has 0 bridgehead atoms. The second-order valence-electron chi connectivity index (χ2n) is 4.11. The van der Waals surface area contributed by atoms with Crippen molar-refractivity contribution in [1.29, 1.82) is 0 Å². The molecule has 0 saturated carbocycles. The van der Waals surface area contributed by atoms with Gasteiger partial charge >= 0.3 is 0 Å². The van der Waals surface area contributed by atoms with E-state index in [2.05, 4.69) is 0 Å². The summed E-state index contributed by atoms with van der Waals surface area (Å²) >= 11 is 11.0. The topological polar surface area (TPSA) is 44.5 Å². The van der Waals surface area contributed by atoms with E-state index in [1.54, 1.807) is 19.2 Å². The zero-order valence-corrected chi connectivity index (χ0v) is 12.5. The van der Waals surface area contributed by atoms with E-state index < -0.39 is 0 Å². The van der Waals surface area contributed by atoms with Gasteiger partial charge in [0.15, 0.2) is 0 Å². The maximum Gasteiger partial charge on any atom is 0.129 e. The van der Waals surface area contributed by atoms with Crippen molar-refractivity contribution >= 4 is 28.8 Å².